The van der Waals surface area contributed by atoms with Crippen LogP contribution in [-0.2, 0) is 6.54 Å². The van der Waals surface area contributed by atoms with Crippen molar-refractivity contribution in [3.8, 4) is 5.75 Å². The van der Waals surface area contributed by atoms with Gasteiger partial charge in [-0.25, -0.2) is 0 Å². The first-order valence-corrected chi connectivity index (χ1v) is 6.96. The molecule has 0 unspecified atom stereocenters. The molecule has 4 heteroatoms. The molecular weight excluding hydrogens is 248 g/mol. The fraction of sp³-hybridized carbons (Fsp3) is 0.571. The van der Waals surface area contributed by atoms with E-state index in [1.807, 2.05) is 12.1 Å². The molecule has 0 aliphatic heterocycles. The molecule has 1 rings (SSSR count). The second-order valence-corrected chi connectivity index (χ2v) is 4.77. The second kappa shape index (κ2) is 8.35. The third-order valence-corrected chi connectivity index (χ3v) is 3.28. The largest absolute Gasteiger partial charge is 0.506 e. The van der Waals surface area contributed by atoms with E-state index in [0.717, 1.165) is 31.7 Å². The maximum atomic E-state index is 9.75. The van der Waals surface area contributed by atoms with Gasteiger partial charge in [-0.1, -0.05) is 37.6 Å². The molecule has 3 nitrogen and oxygen atoms in total. The molecule has 0 aromatic heterocycles. The van der Waals surface area contributed by atoms with E-state index in [1.54, 1.807) is 6.07 Å². The topological polar surface area (TPSA) is 35.5 Å². The first-order valence-electron chi connectivity index (χ1n) is 6.58. The number of para-hydroxylation sites is 1. The van der Waals surface area contributed by atoms with Gasteiger partial charge in [-0.05, 0) is 25.6 Å². The van der Waals surface area contributed by atoms with E-state index < -0.39 is 0 Å². The molecule has 0 radical (unpaired) electrons. The fourth-order valence-corrected chi connectivity index (χ4v) is 2.10. The summed E-state index contributed by atoms with van der Waals surface area (Å²) in [7, 11) is 0. The number of hydrogen-bond acceptors (Lipinski definition) is 3. The normalized spacial score (nSPS) is 11.1. The third kappa shape index (κ3) is 4.84. The molecule has 0 heterocycles. The van der Waals surface area contributed by atoms with Gasteiger partial charge in [0.05, 0.1) is 5.02 Å². The van der Waals surface area contributed by atoms with E-state index in [1.165, 1.54) is 6.42 Å². The van der Waals surface area contributed by atoms with E-state index in [4.69, 9.17) is 11.6 Å². The van der Waals surface area contributed by atoms with Gasteiger partial charge in [0.1, 0.15) is 5.75 Å². The van der Waals surface area contributed by atoms with E-state index in [-0.39, 0.29) is 5.75 Å². The summed E-state index contributed by atoms with van der Waals surface area (Å²) in [4.78, 5) is 2.41. The molecule has 0 aliphatic carbocycles. The SMILES string of the molecule is CCCN(CC)CCNCc1cccc(Cl)c1O. The van der Waals surface area contributed by atoms with E-state index in [9.17, 15) is 5.11 Å². The van der Waals surface area contributed by atoms with Gasteiger partial charge >= 0.3 is 0 Å². The lowest BCUT2D eigenvalue weighted by Gasteiger charge is -2.19. The fourth-order valence-electron chi connectivity index (χ4n) is 1.91. The van der Waals surface area contributed by atoms with Gasteiger partial charge in [0.15, 0.2) is 0 Å². The molecule has 1 aromatic carbocycles. The maximum absolute atomic E-state index is 9.75. The minimum absolute atomic E-state index is 0.188. The summed E-state index contributed by atoms with van der Waals surface area (Å²) in [6, 6.07) is 5.44. The average Bonchev–Trinajstić information content (AvgIpc) is 2.38. The first-order chi connectivity index (χ1) is 8.69. The van der Waals surface area contributed by atoms with Crippen molar-refractivity contribution >= 4 is 11.6 Å². The summed E-state index contributed by atoms with van der Waals surface area (Å²) in [6.07, 6.45) is 1.18. The van der Waals surface area contributed by atoms with Crippen molar-refractivity contribution in [1.29, 1.82) is 0 Å². The predicted octanol–water partition coefficient (Wildman–Crippen LogP) is 2.87. The summed E-state index contributed by atoms with van der Waals surface area (Å²) >= 11 is 5.85. The Morgan fingerprint density at radius 3 is 2.72 bits per heavy atom. The van der Waals surface area contributed by atoms with Crippen LogP contribution >= 0.6 is 11.6 Å². The monoisotopic (exact) mass is 270 g/mol. The zero-order chi connectivity index (χ0) is 13.4. The Bertz CT molecular complexity index is 358. The Kier molecular flexibility index (Phi) is 7.09. The number of phenols is 1. The standard InChI is InChI=1S/C14H23ClN2O/c1-3-9-17(4-2)10-8-16-11-12-6-5-7-13(15)14(12)18/h5-7,16,18H,3-4,8-11H2,1-2H3. The molecule has 0 amide bonds. The van der Waals surface area contributed by atoms with Gasteiger partial charge in [0, 0.05) is 25.2 Å². The van der Waals surface area contributed by atoms with Gasteiger partial charge in [-0.2, -0.15) is 0 Å². The molecule has 0 saturated heterocycles. The number of likely N-dealkylation sites (N-methyl/N-ethyl adjacent to an activating group) is 1. The summed E-state index contributed by atoms with van der Waals surface area (Å²) in [6.45, 7) is 9.19. The number of nitrogens with zero attached hydrogens (tertiary/aromatic N) is 1. The predicted molar refractivity (Wildman–Crippen MR) is 77.2 cm³/mol. The van der Waals surface area contributed by atoms with Gasteiger partial charge < -0.3 is 15.3 Å². The van der Waals surface area contributed by atoms with Crippen LogP contribution in [0.5, 0.6) is 5.75 Å². The molecule has 2 N–H and O–H groups in total. The maximum Gasteiger partial charge on any atom is 0.138 e. The van der Waals surface area contributed by atoms with Crippen molar-refractivity contribution in [3.05, 3.63) is 28.8 Å². The third-order valence-electron chi connectivity index (χ3n) is 2.98. The van der Waals surface area contributed by atoms with Crippen LogP contribution in [0.4, 0.5) is 0 Å². The Morgan fingerprint density at radius 1 is 1.28 bits per heavy atom. The highest BCUT2D eigenvalue weighted by molar-refractivity contribution is 6.32. The molecule has 0 saturated carbocycles. The number of rotatable bonds is 8. The molecule has 0 atom stereocenters. The van der Waals surface area contributed by atoms with Crippen LogP contribution in [0.25, 0.3) is 0 Å². The van der Waals surface area contributed by atoms with E-state index >= 15 is 0 Å². The highest BCUT2D eigenvalue weighted by atomic mass is 35.5. The van der Waals surface area contributed by atoms with Crippen LogP contribution in [0.1, 0.15) is 25.8 Å². The number of aromatic hydroxyl groups is 1. The lowest BCUT2D eigenvalue weighted by molar-refractivity contribution is 0.287. The van der Waals surface area contributed by atoms with Crippen LogP contribution in [0, 0.1) is 0 Å². The molecule has 102 valence electrons. The molecule has 0 aliphatic rings. The Labute approximate surface area is 115 Å². The van der Waals surface area contributed by atoms with Gasteiger partial charge in [-0.3, -0.25) is 0 Å². The van der Waals surface area contributed by atoms with Crippen LogP contribution in [-0.4, -0.2) is 36.2 Å². The lowest BCUT2D eigenvalue weighted by Crippen LogP contribution is -2.32. The minimum atomic E-state index is 0.188. The van der Waals surface area contributed by atoms with Crippen LogP contribution in [0.15, 0.2) is 18.2 Å². The van der Waals surface area contributed by atoms with Gasteiger partial charge in [-0.15, -0.1) is 0 Å². The van der Waals surface area contributed by atoms with Crippen molar-refractivity contribution < 1.29 is 5.11 Å². The molecular formula is C14H23ClN2O. The van der Waals surface area contributed by atoms with Gasteiger partial charge in [0.2, 0.25) is 0 Å². The first kappa shape index (κ1) is 15.3. The smallest absolute Gasteiger partial charge is 0.138 e. The van der Waals surface area contributed by atoms with Crippen molar-refractivity contribution in [2.75, 3.05) is 26.2 Å². The number of hydrogen-bond donors (Lipinski definition) is 2. The summed E-state index contributed by atoms with van der Waals surface area (Å²) < 4.78 is 0. The molecule has 18 heavy (non-hydrogen) atoms. The number of halogens is 1. The highest BCUT2D eigenvalue weighted by Gasteiger charge is 2.05. The van der Waals surface area contributed by atoms with Gasteiger partial charge in [0.25, 0.3) is 0 Å². The molecule has 0 fully saturated rings. The van der Waals surface area contributed by atoms with Crippen molar-refractivity contribution in [3.63, 3.8) is 0 Å². The van der Waals surface area contributed by atoms with E-state index in [2.05, 4.69) is 24.1 Å². The van der Waals surface area contributed by atoms with Crippen LogP contribution in [0.3, 0.4) is 0 Å². The Balaban J connectivity index is 2.31. The summed E-state index contributed by atoms with van der Waals surface area (Å²) in [5.74, 6) is 0.188. The summed E-state index contributed by atoms with van der Waals surface area (Å²) in [5, 5.41) is 13.5. The van der Waals surface area contributed by atoms with Crippen LogP contribution < -0.4 is 5.32 Å². The highest BCUT2D eigenvalue weighted by Crippen LogP contribution is 2.26. The Hall–Kier alpha value is -0.770. The van der Waals surface area contributed by atoms with E-state index in [0.29, 0.717) is 11.6 Å². The Morgan fingerprint density at radius 2 is 2.06 bits per heavy atom. The average molecular weight is 271 g/mol. The number of benzene rings is 1. The molecule has 1 aromatic rings. The quantitative estimate of drug-likeness (QED) is 0.713. The number of nitrogens with one attached hydrogen (secondary N) is 1. The van der Waals surface area contributed by atoms with Crippen LogP contribution in [0.2, 0.25) is 5.02 Å². The minimum Gasteiger partial charge on any atom is -0.506 e. The van der Waals surface area contributed by atoms with Crippen molar-refractivity contribution in [1.82, 2.24) is 10.2 Å². The number of phenolic OH excluding ortho intramolecular Hbond substituents is 1. The molecule has 0 bridgehead atoms. The zero-order valence-corrected chi connectivity index (χ0v) is 12.0. The van der Waals surface area contributed by atoms with Crippen molar-refractivity contribution in [2.45, 2.75) is 26.8 Å². The molecule has 0 spiro atoms. The lowest BCUT2D eigenvalue weighted by atomic mass is 10.2. The zero-order valence-electron chi connectivity index (χ0n) is 11.2. The summed E-state index contributed by atoms with van der Waals surface area (Å²) in [5.41, 5.74) is 0.848. The van der Waals surface area contributed by atoms with Crippen molar-refractivity contribution in [2.24, 2.45) is 0 Å². The second-order valence-electron chi connectivity index (χ2n) is 4.36.